The quantitative estimate of drug-likeness (QED) is 0.761. The van der Waals surface area contributed by atoms with E-state index in [2.05, 4.69) is 11.9 Å². The number of benzene rings is 1. The van der Waals surface area contributed by atoms with Crippen LogP contribution in [0.5, 0.6) is 0 Å². The van der Waals surface area contributed by atoms with Crippen molar-refractivity contribution in [2.45, 2.75) is 0 Å². The molecule has 0 radical (unpaired) electrons. The fourth-order valence-electron chi connectivity index (χ4n) is 1.33. The van der Waals surface area contributed by atoms with Crippen LogP contribution in [-0.4, -0.2) is 42.7 Å². The molecule has 0 spiro atoms. The first-order valence-electron chi connectivity index (χ1n) is 5.48. The first-order chi connectivity index (χ1) is 8.15. The normalized spacial score (nSPS) is 9.76. The molecule has 0 heterocycles. The number of amides is 1. The molecule has 4 heteroatoms. The number of rotatable bonds is 6. The van der Waals surface area contributed by atoms with Crippen LogP contribution in [0.15, 0.2) is 36.9 Å². The van der Waals surface area contributed by atoms with Crippen LogP contribution in [0.2, 0.25) is 0 Å². The van der Waals surface area contributed by atoms with Crippen molar-refractivity contribution in [1.82, 2.24) is 10.2 Å². The summed E-state index contributed by atoms with van der Waals surface area (Å²) >= 11 is 0. The monoisotopic (exact) mass is 234 g/mol. The van der Waals surface area contributed by atoms with Gasteiger partial charge in [-0.25, -0.2) is 0 Å². The summed E-state index contributed by atoms with van der Waals surface area (Å²) in [4.78, 5) is 13.1. The lowest BCUT2D eigenvalue weighted by Crippen LogP contribution is -2.36. The van der Waals surface area contributed by atoms with E-state index in [1.165, 1.54) is 4.90 Å². The number of nitrogens with zero attached hydrogens (tertiary/aromatic N) is 1. The van der Waals surface area contributed by atoms with Crippen molar-refractivity contribution in [1.29, 1.82) is 0 Å². The Bertz CT molecular complexity index is 376. The number of likely N-dealkylation sites (N-methyl/N-ethyl adjacent to an activating group) is 1. The number of carbonyl (C=O) groups is 1. The van der Waals surface area contributed by atoms with E-state index >= 15 is 0 Å². The molecule has 0 fully saturated rings. The highest BCUT2D eigenvalue weighted by atomic mass is 16.3. The average molecular weight is 234 g/mol. The minimum atomic E-state index is -0.0730. The Balaban J connectivity index is 2.41. The van der Waals surface area contributed by atoms with Crippen LogP contribution in [-0.2, 0) is 4.79 Å². The maximum Gasteiger partial charge on any atom is 0.241 e. The third-order valence-electron chi connectivity index (χ3n) is 2.44. The number of carbonyl (C=O) groups excluding carboxylic acids is 1. The van der Waals surface area contributed by atoms with Crippen LogP contribution >= 0.6 is 0 Å². The zero-order valence-electron chi connectivity index (χ0n) is 10.0. The van der Waals surface area contributed by atoms with Gasteiger partial charge in [0.25, 0.3) is 0 Å². The van der Waals surface area contributed by atoms with Gasteiger partial charge in [-0.15, -0.1) is 0 Å². The second-order valence-electron chi connectivity index (χ2n) is 3.74. The highest BCUT2D eigenvalue weighted by Gasteiger charge is 2.07. The molecule has 0 aliphatic rings. The van der Waals surface area contributed by atoms with Gasteiger partial charge >= 0.3 is 0 Å². The molecule has 2 N–H and O–H groups in total. The molecule has 0 saturated carbocycles. The second kappa shape index (κ2) is 6.70. The van der Waals surface area contributed by atoms with E-state index in [9.17, 15) is 4.79 Å². The molecular formula is C13H18N2O2. The number of nitrogens with one attached hydrogen (secondary N) is 1. The predicted octanol–water partition coefficient (Wildman–Crippen LogP) is 0.698. The minimum Gasteiger partial charge on any atom is -0.395 e. The van der Waals surface area contributed by atoms with Crippen LogP contribution in [0.4, 0.5) is 0 Å². The van der Waals surface area contributed by atoms with Crippen molar-refractivity contribution in [3.8, 4) is 0 Å². The van der Waals surface area contributed by atoms with E-state index in [0.717, 1.165) is 11.3 Å². The molecule has 0 aromatic heterocycles. The standard InChI is InChI=1S/C13H18N2O2/c1-11(12-6-4-3-5-7-12)14-10-13(17)15(2)8-9-16/h3-7,14,16H,1,8-10H2,2H3. The largest absolute Gasteiger partial charge is 0.395 e. The van der Waals surface area contributed by atoms with Gasteiger partial charge in [-0.05, 0) is 5.56 Å². The second-order valence-corrected chi connectivity index (χ2v) is 3.74. The van der Waals surface area contributed by atoms with Gasteiger partial charge in [-0.1, -0.05) is 36.9 Å². The lowest BCUT2D eigenvalue weighted by atomic mass is 10.2. The van der Waals surface area contributed by atoms with Gasteiger partial charge in [-0.3, -0.25) is 4.79 Å². The zero-order chi connectivity index (χ0) is 12.7. The Morgan fingerprint density at radius 3 is 2.65 bits per heavy atom. The van der Waals surface area contributed by atoms with Crippen LogP contribution in [0.25, 0.3) is 5.70 Å². The summed E-state index contributed by atoms with van der Waals surface area (Å²) in [7, 11) is 1.66. The molecule has 0 unspecified atom stereocenters. The molecule has 0 aliphatic carbocycles. The van der Waals surface area contributed by atoms with Crippen LogP contribution in [0.3, 0.4) is 0 Å². The Labute approximate surface area is 102 Å². The molecule has 4 nitrogen and oxygen atoms in total. The lowest BCUT2D eigenvalue weighted by Gasteiger charge is -2.17. The molecule has 1 rings (SSSR count). The lowest BCUT2D eigenvalue weighted by molar-refractivity contribution is -0.129. The van der Waals surface area contributed by atoms with Crippen LogP contribution in [0, 0.1) is 0 Å². The van der Waals surface area contributed by atoms with Crippen molar-refractivity contribution in [2.24, 2.45) is 0 Å². The van der Waals surface area contributed by atoms with Crippen LogP contribution < -0.4 is 5.32 Å². The third-order valence-corrected chi connectivity index (χ3v) is 2.44. The fraction of sp³-hybridized carbons (Fsp3) is 0.308. The molecule has 92 valence electrons. The van der Waals surface area contributed by atoms with Gasteiger partial charge < -0.3 is 15.3 Å². The number of hydrogen-bond donors (Lipinski definition) is 2. The van der Waals surface area contributed by atoms with E-state index < -0.39 is 0 Å². The van der Waals surface area contributed by atoms with E-state index in [1.807, 2.05) is 30.3 Å². The topological polar surface area (TPSA) is 52.6 Å². The zero-order valence-corrected chi connectivity index (χ0v) is 10.0. The molecule has 0 atom stereocenters. The van der Waals surface area contributed by atoms with Gasteiger partial charge in [0.1, 0.15) is 0 Å². The highest BCUT2D eigenvalue weighted by molar-refractivity contribution is 5.80. The van der Waals surface area contributed by atoms with E-state index in [0.29, 0.717) is 6.54 Å². The van der Waals surface area contributed by atoms with Gasteiger partial charge in [0.15, 0.2) is 0 Å². The number of aliphatic hydroxyl groups excluding tert-OH is 1. The smallest absolute Gasteiger partial charge is 0.241 e. The van der Waals surface area contributed by atoms with Gasteiger partial charge in [0.05, 0.1) is 13.2 Å². The molecule has 1 aromatic carbocycles. The Morgan fingerprint density at radius 2 is 2.06 bits per heavy atom. The van der Waals surface area contributed by atoms with Gasteiger partial charge in [-0.2, -0.15) is 0 Å². The van der Waals surface area contributed by atoms with Gasteiger partial charge in [0, 0.05) is 19.3 Å². The van der Waals surface area contributed by atoms with E-state index in [-0.39, 0.29) is 19.1 Å². The maximum absolute atomic E-state index is 11.6. The summed E-state index contributed by atoms with van der Waals surface area (Å²) in [5.41, 5.74) is 1.68. The summed E-state index contributed by atoms with van der Waals surface area (Å²) in [6, 6.07) is 9.62. The number of aliphatic hydroxyl groups is 1. The van der Waals surface area contributed by atoms with E-state index in [4.69, 9.17) is 5.11 Å². The molecule has 0 bridgehead atoms. The maximum atomic E-state index is 11.6. The van der Waals surface area contributed by atoms with Gasteiger partial charge in [0.2, 0.25) is 5.91 Å². The first-order valence-corrected chi connectivity index (χ1v) is 5.48. The van der Waals surface area contributed by atoms with Crippen LogP contribution in [0.1, 0.15) is 5.56 Å². The third kappa shape index (κ3) is 4.28. The highest BCUT2D eigenvalue weighted by Crippen LogP contribution is 2.07. The van der Waals surface area contributed by atoms with Crippen molar-refractivity contribution >= 4 is 11.6 Å². The SMILES string of the molecule is C=C(NCC(=O)N(C)CCO)c1ccccc1. The summed E-state index contributed by atoms with van der Waals surface area (Å²) in [6.45, 7) is 4.38. The molecule has 1 aromatic rings. The van der Waals surface area contributed by atoms with Crippen molar-refractivity contribution in [3.05, 3.63) is 42.5 Å². The molecular weight excluding hydrogens is 216 g/mol. The summed E-state index contributed by atoms with van der Waals surface area (Å²) in [5.74, 6) is -0.0730. The average Bonchev–Trinajstić information content (AvgIpc) is 2.36. The Kier molecular flexibility index (Phi) is 5.23. The summed E-state index contributed by atoms with van der Waals surface area (Å²) in [5, 5.41) is 11.7. The van der Waals surface area contributed by atoms with Crippen molar-refractivity contribution in [2.75, 3.05) is 26.7 Å². The molecule has 0 aliphatic heterocycles. The molecule has 0 saturated heterocycles. The first kappa shape index (κ1) is 13.3. The Morgan fingerprint density at radius 1 is 1.41 bits per heavy atom. The molecule has 1 amide bonds. The predicted molar refractivity (Wildman–Crippen MR) is 68.2 cm³/mol. The minimum absolute atomic E-state index is 0.0259. The summed E-state index contributed by atoms with van der Waals surface area (Å²) < 4.78 is 0. The van der Waals surface area contributed by atoms with Crippen molar-refractivity contribution < 1.29 is 9.90 Å². The fourth-order valence-corrected chi connectivity index (χ4v) is 1.33. The van der Waals surface area contributed by atoms with Crippen molar-refractivity contribution in [3.63, 3.8) is 0 Å². The summed E-state index contributed by atoms with van der Waals surface area (Å²) in [6.07, 6.45) is 0. The Hall–Kier alpha value is -1.81. The van der Waals surface area contributed by atoms with E-state index in [1.54, 1.807) is 7.05 Å². The number of hydrogen-bond acceptors (Lipinski definition) is 3. The molecule has 17 heavy (non-hydrogen) atoms.